The van der Waals surface area contributed by atoms with Crippen molar-refractivity contribution < 1.29 is 24.8 Å². The average molecular weight is 360 g/mol. The van der Waals surface area contributed by atoms with Gasteiger partial charge < -0.3 is 25.2 Å². The third kappa shape index (κ3) is 3.90. The average Bonchev–Trinajstić information content (AvgIpc) is 2.68. The molecule has 0 saturated carbocycles. The van der Waals surface area contributed by atoms with Gasteiger partial charge in [-0.05, 0) is 5.56 Å². The summed E-state index contributed by atoms with van der Waals surface area (Å²) < 4.78 is 5.44. The SMILES string of the molecule is C[N+]1([O-])C2CCC1CC(OC(=O)C(CO)c1ccccc1)C2.Cl.O. The largest absolute Gasteiger partial charge is 0.633 e. The number of ether oxygens (including phenoxy) is 1. The van der Waals surface area contributed by atoms with Gasteiger partial charge in [0.25, 0.3) is 0 Å². The molecule has 2 fully saturated rings. The molecule has 1 aromatic carbocycles. The Hall–Kier alpha value is -1.18. The molecule has 136 valence electrons. The summed E-state index contributed by atoms with van der Waals surface area (Å²) in [5, 5.41) is 22.0. The number of carbonyl (C=O) groups is 1. The lowest BCUT2D eigenvalue weighted by Gasteiger charge is -2.50. The number of benzene rings is 1. The number of hydrogen-bond acceptors (Lipinski definition) is 4. The highest BCUT2D eigenvalue weighted by Crippen LogP contribution is 2.41. The van der Waals surface area contributed by atoms with Crippen LogP contribution in [0.15, 0.2) is 30.3 Å². The first kappa shape index (κ1) is 20.9. The van der Waals surface area contributed by atoms with Crippen LogP contribution in [0.1, 0.15) is 37.2 Å². The number of hydroxylamine groups is 3. The van der Waals surface area contributed by atoms with Crippen LogP contribution >= 0.6 is 12.4 Å². The summed E-state index contributed by atoms with van der Waals surface area (Å²) in [5.41, 5.74) is 0.762. The molecule has 1 aromatic rings. The van der Waals surface area contributed by atoms with Crippen molar-refractivity contribution in [2.75, 3.05) is 13.7 Å². The topological polar surface area (TPSA) is 101 Å². The molecule has 3 rings (SSSR count). The number of rotatable bonds is 4. The third-order valence-electron chi connectivity index (χ3n) is 5.30. The van der Waals surface area contributed by atoms with Gasteiger partial charge in [0.2, 0.25) is 0 Å². The Morgan fingerprint density at radius 3 is 2.33 bits per heavy atom. The summed E-state index contributed by atoms with van der Waals surface area (Å²) in [6, 6.07) is 9.27. The minimum atomic E-state index is -0.645. The Balaban J connectivity index is 0.00000144. The number of quaternary nitrogens is 1. The van der Waals surface area contributed by atoms with Gasteiger partial charge in [-0.25, -0.2) is 0 Å². The maximum absolute atomic E-state index is 12.4. The van der Waals surface area contributed by atoms with Crippen molar-refractivity contribution in [3.63, 3.8) is 0 Å². The molecule has 3 atom stereocenters. The summed E-state index contributed by atoms with van der Waals surface area (Å²) in [4.78, 5) is 12.4. The smallest absolute Gasteiger partial charge is 0.316 e. The summed E-state index contributed by atoms with van der Waals surface area (Å²) in [6.45, 7) is -0.266. The Morgan fingerprint density at radius 1 is 1.29 bits per heavy atom. The number of aliphatic hydroxyl groups excluding tert-OH is 1. The number of nitrogens with zero attached hydrogens (tertiary/aromatic N) is 1. The fourth-order valence-electron chi connectivity index (χ4n) is 3.90. The second kappa shape index (κ2) is 8.27. The van der Waals surface area contributed by atoms with Crippen molar-refractivity contribution in [1.29, 1.82) is 0 Å². The number of hydrogen-bond donors (Lipinski definition) is 1. The molecule has 6 nitrogen and oxygen atoms in total. The van der Waals surface area contributed by atoms with E-state index < -0.39 is 5.92 Å². The molecule has 0 radical (unpaired) electrons. The summed E-state index contributed by atoms with van der Waals surface area (Å²) >= 11 is 0. The van der Waals surface area contributed by atoms with Crippen molar-refractivity contribution in [3.05, 3.63) is 41.1 Å². The number of fused-ring (bicyclic) bond motifs is 2. The van der Waals surface area contributed by atoms with Gasteiger partial charge in [0.1, 0.15) is 12.0 Å². The fourth-order valence-corrected chi connectivity index (χ4v) is 3.90. The van der Waals surface area contributed by atoms with Gasteiger partial charge in [-0.3, -0.25) is 4.79 Å². The molecule has 7 heteroatoms. The maximum atomic E-state index is 12.4. The lowest BCUT2D eigenvalue weighted by molar-refractivity contribution is -0.903. The van der Waals surface area contributed by atoms with Gasteiger partial charge in [0.05, 0.1) is 25.7 Å². The number of esters is 1. The van der Waals surface area contributed by atoms with Crippen LogP contribution in [0.5, 0.6) is 0 Å². The molecule has 2 aliphatic rings. The molecule has 2 bridgehead atoms. The molecule has 0 aromatic heterocycles. The zero-order chi connectivity index (χ0) is 15.7. The second-order valence-electron chi connectivity index (χ2n) is 6.62. The van der Waals surface area contributed by atoms with Crippen LogP contribution in [0.3, 0.4) is 0 Å². The molecule has 0 spiro atoms. The van der Waals surface area contributed by atoms with Crippen LogP contribution in [-0.4, -0.2) is 53.0 Å². The van der Waals surface area contributed by atoms with Crippen molar-refractivity contribution in [1.82, 2.24) is 0 Å². The summed E-state index contributed by atoms with van der Waals surface area (Å²) in [7, 11) is 1.74. The third-order valence-corrected chi connectivity index (χ3v) is 5.30. The van der Waals surface area contributed by atoms with E-state index in [1.54, 1.807) is 7.05 Å². The van der Waals surface area contributed by atoms with E-state index in [2.05, 4.69) is 0 Å². The number of aliphatic hydroxyl groups is 1. The zero-order valence-electron chi connectivity index (χ0n) is 13.8. The molecule has 0 aliphatic carbocycles. The van der Waals surface area contributed by atoms with E-state index in [0.29, 0.717) is 12.8 Å². The first-order valence-corrected chi connectivity index (χ1v) is 7.95. The Morgan fingerprint density at radius 2 is 1.83 bits per heavy atom. The molecule has 24 heavy (non-hydrogen) atoms. The van der Waals surface area contributed by atoms with Crippen molar-refractivity contribution in [3.8, 4) is 0 Å². The Bertz CT molecular complexity index is 523. The summed E-state index contributed by atoms with van der Waals surface area (Å²) in [6.07, 6.45) is 2.91. The minimum Gasteiger partial charge on any atom is -0.633 e. The predicted molar refractivity (Wildman–Crippen MR) is 92.6 cm³/mol. The Kier molecular flexibility index (Phi) is 7.19. The van der Waals surface area contributed by atoms with E-state index in [-0.39, 0.29) is 53.3 Å². The molecule has 2 saturated heterocycles. The molecule has 2 heterocycles. The van der Waals surface area contributed by atoms with E-state index >= 15 is 0 Å². The highest BCUT2D eigenvalue weighted by molar-refractivity contribution is 5.85. The number of carbonyl (C=O) groups excluding carboxylic acids is 1. The van der Waals surface area contributed by atoms with Gasteiger partial charge in [-0.1, -0.05) is 30.3 Å². The Labute approximate surface area is 148 Å². The molecule has 2 aliphatic heterocycles. The predicted octanol–water partition coefficient (Wildman–Crippen LogP) is 1.54. The molecular weight excluding hydrogens is 334 g/mol. The highest BCUT2D eigenvalue weighted by Gasteiger charge is 2.48. The van der Waals surface area contributed by atoms with Gasteiger partial charge >= 0.3 is 5.97 Å². The quantitative estimate of drug-likeness (QED) is 0.500. The highest BCUT2D eigenvalue weighted by atomic mass is 35.5. The van der Waals surface area contributed by atoms with E-state index in [4.69, 9.17) is 4.74 Å². The van der Waals surface area contributed by atoms with Crippen LogP contribution in [0.2, 0.25) is 0 Å². The lowest BCUT2D eigenvalue weighted by Crippen LogP contribution is -2.55. The molecule has 0 amide bonds. The minimum absolute atomic E-state index is 0. The molecule has 3 N–H and O–H groups in total. The fraction of sp³-hybridized carbons (Fsp3) is 0.588. The van der Waals surface area contributed by atoms with Crippen LogP contribution in [-0.2, 0) is 9.53 Å². The zero-order valence-corrected chi connectivity index (χ0v) is 14.6. The van der Waals surface area contributed by atoms with E-state index in [9.17, 15) is 15.1 Å². The van der Waals surface area contributed by atoms with E-state index in [1.165, 1.54) is 0 Å². The summed E-state index contributed by atoms with van der Waals surface area (Å²) in [5.74, 6) is -1.03. The van der Waals surface area contributed by atoms with E-state index in [0.717, 1.165) is 18.4 Å². The first-order valence-electron chi connectivity index (χ1n) is 7.95. The monoisotopic (exact) mass is 359 g/mol. The first-order chi connectivity index (χ1) is 10.5. The van der Waals surface area contributed by atoms with Gasteiger partial charge in [0.15, 0.2) is 0 Å². The number of piperidine rings is 1. The van der Waals surface area contributed by atoms with Gasteiger partial charge in [0, 0.05) is 25.7 Å². The maximum Gasteiger partial charge on any atom is 0.316 e. The van der Waals surface area contributed by atoms with Gasteiger partial charge in [-0.2, -0.15) is 0 Å². The van der Waals surface area contributed by atoms with Crippen LogP contribution in [0, 0.1) is 5.21 Å². The molecular formula is C17H26ClNO5. The van der Waals surface area contributed by atoms with Crippen LogP contribution in [0.25, 0.3) is 0 Å². The van der Waals surface area contributed by atoms with Crippen molar-refractivity contribution >= 4 is 18.4 Å². The normalized spacial score (nSPS) is 32.2. The van der Waals surface area contributed by atoms with Crippen molar-refractivity contribution in [2.45, 2.75) is 49.8 Å². The second-order valence-corrected chi connectivity index (χ2v) is 6.62. The van der Waals surface area contributed by atoms with Crippen molar-refractivity contribution in [2.24, 2.45) is 0 Å². The van der Waals surface area contributed by atoms with Gasteiger partial charge in [-0.15, -0.1) is 12.4 Å². The van der Waals surface area contributed by atoms with Crippen LogP contribution < -0.4 is 0 Å². The van der Waals surface area contributed by atoms with Crippen LogP contribution in [0.4, 0.5) is 0 Å². The number of halogens is 1. The lowest BCUT2D eigenvalue weighted by atomic mass is 9.98. The standard InChI is InChI=1S/C17H23NO4.ClH.H2O/c1-18(21)13-7-8-14(18)10-15(9-13)22-17(20)16(11-19)12-5-3-2-4-6-12;;/h2-6,13-16,19H,7-11H2,1H3;1H;1H2. The van der Waals surface area contributed by atoms with E-state index in [1.807, 2.05) is 30.3 Å². The molecule has 3 unspecified atom stereocenters.